The topological polar surface area (TPSA) is 20.2 Å². The van der Waals surface area contributed by atoms with Gasteiger partial charge in [0.15, 0.2) is 0 Å². The molecule has 0 spiro atoms. The van der Waals surface area contributed by atoms with Crippen LogP contribution in [-0.2, 0) is 0 Å². The Kier molecular flexibility index (Phi) is 4.98. The van der Waals surface area contributed by atoms with Crippen LogP contribution >= 0.6 is 0 Å². The summed E-state index contributed by atoms with van der Waals surface area (Å²) in [6.07, 6.45) is 11.1. The van der Waals surface area contributed by atoms with Crippen molar-refractivity contribution in [3.05, 3.63) is 58.7 Å². The van der Waals surface area contributed by atoms with E-state index in [-0.39, 0.29) is 17.9 Å². The zero-order valence-corrected chi connectivity index (χ0v) is 18.9. The van der Waals surface area contributed by atoms with Crippen molar-refractivity contribution in [3.63, 3.8) is 0 Å². The van der Waals surface area contributed by atoms with E-state index in [1.807, 2.05) is 0 Å². The van der Waals surface area contributed by atoms with Gasteiger partial charge in [-0.2, -0.15) is 0 Å². The Labute approximate surface area is 182 Å². The molecule has 0 aromatic carbocycles. The average Bonchev–Trinajstić information content (AvgIpc) is 3.64. The molecule has 6 unspecified atom stereocenters. The molecule has 158 valence electrons. The molecule has 2 saturated carbocycles. The minimum absolute atomic E-state index is 0.165. The lowest BCUT2D eigenvalue weighted by molar-refractivity contribution is 0.0824. The normalized spacial score (nSPS) is 38.5. The summed E-state index contributed by atoms with van der Waals surface area (Å²) in [6, 6.07) is 0. The second kappa shape index (κ2) is 7.42. The second-order valence-electron chi connectivity index (χ2n) is 10.7. The summed E-state index contributed by atoms with van der Waals surface area (Å²) in [5.41, 5.74) is 8.34. The fourth-order valence-electron chi connectivity index (χ4n) is 6.26. The maximum Gasteiger partial charge on any atom is 0.0642 e. The van der Waals surface area contributed by atoms with Crippen molar-refractivity contribution < 1.29 is 5.11 Å². The highest BCUT2D eigenvalue weighted by Gasteiger charge is 2.44. The van der Waals surface area contributed by atoms with Crippen LogP contribution < -0.4 is 0 Å². The molecular weight excluding hydrogens is 364 g/mol. The molecule has 7 atom stereocenters. The third-order valence-corrected chi connectivity index (χ3v) is 8.81. The van der Waals surface area contributed by atoms with Crippen molar-refractivity contribution >= 4 is 0 Å². The number of aliphatic hydroxyl groups excluding tert-OH is 1. The van der Waals surface area contributed by atoms with Gasteiger partial charge in [0, 0.05) is 23.3 Å². The third kappa shape index (κ3) is 3.48. The van der Waals surface area contributed by atoms with Gasteiger partial charge in [0.2, 0.25) is 0 Å². The molecule has 0 aromatic heterocycles. The highest BCUT2D eigenvalue weighted by Crippen LogP contribution is 2.53. The van der Waals surface area contributed by atoms with Crippen molar-refractivity contribution in [2.75, 3.05) is 0 Å². The summed E-state index contributed by atoms with van der Waals surface area (Å²) in [7, 11) is 0. The van der Waals surface area contributed by atoms with Gasteiger partial charge in [0.05, 0.1) is 6.10 Å². The van der Waals surface area contributed by atoms with Crippen LogP contribution in [0.4, 0.5) is 0 Å². The van der Waals surface area contributed by atoms with Crippen molar-refractivity contribution in [2.45, 2.75) is 65.4 Å². The van der Waals surface area contributed by atoms with Crippen LogP contribution in [0.1, 0.15) is 59.3 Å². The fraction of sp³-hybridized carbons (Fsp3) is 0.586. The number of hydrogen-bond donors (Lipinski definition) is 1. The largest absolute Gasteiger partial charge is 0.392 e. The lowest BCUT2D eigenvalue weighted by Gasteiger charge is -2.49. The molecule has 0 radical (unpaired) electrons. The zero-order chi connectivity index (χ0) is 21.2. The van der Waals surface area contributed by atoms with Gasteiger partial charge in [-0.05, 0) is 87.2 Å². The van der Waals surface area contributed by atoms with E-state index in [1.54, 1.807) is 0 Å². The number of fused-ring (bicyclic) bond motifs is 1. The molecule has 0 aliphatic heterocycles. The molecule has 0 heterocycles. The Morgan fingerprint density at radius 1 is 1.23 bits per heavy atom. The molecule has 5 rings (SSSR count). The van der Waals surface area contributed by atoms with Crippen molar-refractivity contribution in [3.8, 4) is 11.8 Å². The van der Waals surface area contributed by atoms with Crippen molar-refractivity contribution in [1.82, 2.24) is 0 Å². The second-order valence-corrected chi connectivity index (χ2v) is 10.7. The minimum atomic E-state index is -0.244. The maximum absolute atomic E-state index is 11.0. The first-order valence-corrected chi connectivity index (χ1v) is 12.0. The first-order valence-electron chi connectivity index (χ1n) is 12.0. The highest BCUT2D eigenvalue weighted by atomic mass is 16.3. The Morgan fingerprint density at radius 2 is 1.97 bits per heavy atom. The van der Waals surface area contributed by atoms with Gasteiger partial charge in [0.1, 0.15) is 0 Å². The predicted octanol–water partition coefficient (Wildman–Crippen LogP) is 6.39. The van der Waals surface area contributed by atoms with Crippen LogP contribution in [0.2, 0.25) is 0 Å². The van der Waals surface area contributed by atoms with E-state index in [2.05, 4.69) is 57.9 Å². The fourth-order valence-corrected chi connectivity index (χ4v) is 6.26. The first-order chi connectivity index (χ1) is 14.3. The molecule has 1 heteroatoms. The number of hydrogen-bond acceptors (Lipinski definition) is 1. The van der Waals surface area contributed by atoms with E-state index < -0.39 is 0 Å². The number of rotatable bonds is 4. The van der Waals surface area contributed by atoms with Crippen LogP contribution in [0.15, 0.2) is 58.7 Å². The Morgan fingerprint density at radius 3 is 2.63 bits per heavy atom. The van der Waals surface area contributed by atoms with Crippen LogP contribution in [0, 0.1) is 53.3 Å². The Balaban J connectivity index is 1.40. The van der Waals surface area contributed by atoms with E-state index in [0.29, 0.717) is 23.7 Å². The molecular formula is C29H36O. The van der Waals surface area contributed by atoms with E-state index in [9.17, 15) is 5.11 Å². The highest BCUT2D eigenvalue weighted by molar-refractivity contribution is 5.47. The molecule has 1 nitrogen and oxygen atoms in total. The SMILES string of the molecule is C=C(C1=CC1)C1CC(C#CC2=C(C)CC3C(C2)C(=C)[C@@H]3C)C(C(O)C2CC2)C=C1C. The maximum atomic E-state index is 11.0. The summed E-state index contributed by atoms with van der Waals surface area (Å²) in [6.45, 7) is 15.6. The van der Waals surface area contributed by atoms with Crippen LogP contribution in [0.3, 0.4) is 0 Å². The smallest absolute Gasteiger partial charge is 0.0642 e. The van der Waals surface area contributed by atoms with Gasteiger partial charge in [-0.3, -0.25) is 0 Å². The predicted molar refractivity (Wildman–Crippen MR) is 124 cm³/mol. The molecule has 2 fully saturated rings. The van der Waals surface area contributed by atoms with E-state index in [1.165, 1.54) is 52.7 Å². The number of aliphatic hydroxyl groups is 1. The molecule has 1 N–H and O–H groups in total. The van der Waals surface area contributed by atoms with Crippen molar-refractivity contribution in [1.29, 1.82) is 0 Å². The monoisotopic (exact) mass is 400 g/mol. The Bertz CT molecular complexity index is 941. The molecule has 0 amide bonds. The molecule has 0 bridgehead atoms. The first kappa shape index (κ1) is 20.1. The lowest BCUT2D eigenvalue weighted by Crippen LogP contribution is -2.40. The van der Waals surface area contributed by atoms with Gasteiger partial charge >= 0.3 is 0 Å². The van der Waals surface area contributed by atoms with Gasteiger partial charge in [-0.15, -0.1) is 0 Å². The van der Waals surface area contributed by atoms with Gasteiger partial charge < -0.3 is 5.11 Å². The van der Waals surface area contributed by atoms with E-state index >= 15 is 0 Å². The van der Waals surface area contributed by atoms with Gasteiger partial charge in [0.25, 0.3) is 0 Å². The molecule has 0 saturated heterocycles. The summed E-state index contributed by atoms with van der Waals surface area (Å²) in [4.78, 5) is 0. The van der Waals surface area contributed by atoms with Gasteiger partial charge in [-0.1, -0.05) is 60.8 Å². The third-order valence-electron chi connectivity index (χ3n) is 8.81. The van der Waals surface area contributed by atoms with Gasteiger partial charge in [-0.25, -0.2) is 0 Å². The van der Waals surface area contributed by atoms with Crippen LogP contribution in [-0.4, -0.2) is 11.2 Å². The summed E-state index contributed by atoms with van der Waals surface area (Å²) >= 11 is 0. The summed E-state index contributed by atoms with van der Waals surface area (Å²) in [5, 5.41) is 11.0. The quantitative estimate of drug-likeness (QED) is 0.428. The van der Waals surface area contributed by atoms with Crippen LogP contribution in [0.25, 0.3) is 0 Å². The standard InChI is InChI=1S/C29H36O/c1-16-12-26-18(3)19(4)27(26)14-23(16)10-11-24-15-25(20(5)21-6-7-21)17(2)13-28(24)29(30)22-8-9-22/h6,13,18,22,24-30H,4-5,7-9,12,14-15H2,1-3H3/t18-,24?,25?,26?,27?,28?,29?/m0/s1. The molecule has 5 aliphatic rings. The summed E-state index contributed by atoms with van der Waals surface area (Å²) < 4.78 is 0. The summed E-state index contributed by atoms with van der Waals surface area (Å²) in [5.74, 6) is 10.7. The Hall–Kier alpha value is -1.78. The molecule has 5 aliphatic carbocycles. The zero-order valence-electron chi connectivity index (χ0n) is 18.9. The average molecular weight is 401 g/mol. The lowest BCUT2D eigenvalue weighted by atomic mass is 9.55. The van der Waals surface area contributed by atoms with Crippen molar-refractivity contribution in [2.24, 2.45) is 41.4 Å². The van der Waals surface area contributed by atoms with E-state index in [4.69, 9.17) is 0 Å². The minimum Gasteiger partial charge on any atom is -0.392 e. The molecule has 0 aromatic rings. The number of allylic oxidation sites excluding steroid dienone is 7. The van der Waals surface area contributed by atoms with Crippen LogP contribution in [0.5, 0.6) is 0 Å². The molecule has 30 heavy (non-hydrogen) atoms. The van der Waals surface area contributed by atoms with E-state index in [0.717, 1.165) is 25.2 Å².